The largest absolute Gasteiger partial charge is 0.478 e. The van der Waals surface area contributed by atoms with Gasteiger partial charge in [-0.2, -0.15) is 4.98 Å². The number of anilines is 1. The van der Waals surface area contributed by atoms with Gasteiger partial charge in [-0.25, -0.2) is 0 Å². The first-order chi connectivity index (χ1) is 11.8. The van der Waals surface area contributed by atoms with Crippen molar-refractivity contribution in [3.05, 3.63) is 17.7 Å². The maximum Gasteiger partial charge on any atom is 0.225 e. The van der Waals surface area contributed by atoms with Crippen LogP contribution in [0.1, 0.15) is 50.5 Å². The molecule has 132 valence electrons. The fourth-order valence-electron chi connectivity index (χ4n) is 2.93. The second-order valence-corrected chi connectivity index (χ2v) is 6.28. The number of nitrogens with one attached hydrogen (secondary N) is 1. The summed E-state index contributed by atoms with van der Waals surface area (Å²) in [6.45, 7) is 2.10. The molecule has 24 heavy (non-hydrogen) atoms. The number of unbranched alkanes of at least 4 members (excludes halogenated alkanes) is 1. The summed E-state index contributed by atoms with van der Waals surface area (Å²) >= 11 is 0. The van der Waals surface area contributed by atoms with E-state index in [4.69, 9.17) is 14.2 Å². The normalized spacial score (nSPS) is 20.8. The highest BCUT2D eigenvalue weighted by Gasteiger charge is 2.15. The fraction of sp³-hybridized carbons (Fsp3) is 0.667. The van der Waals surface area contributed by atoms with Gasteiger partial charge in [0.15, 0.2) is 6.29 Å². The smallest absolute Gasteiger partial charge is 0.225 e. The van der Waals surface area contributed by atoms with E-state index in [1.807, 2.05) is 12.1 Å². The van der Waals surface area contributed by atoms with Crippen LogP contribution in [-0.2, 0) is 20.7 Å². The summed E-state index contributed by atoms with van der Waals surface area (Å²) in [4.78, 5) is 16.0. The van der Waals surface area contributed by atoms with Crippen molar-refractivity contribution in [3.8, 4) is 5.88 Å². The number of aromatic nitrogens is 1. The minimum Gasteiger partial charge on any atom is -0.478 e. The number of aryl methyl sites for hydroxylation is 1. The Balaban J connectivity index is 1.35. The minimum atomic E-state index is -0.0190. The Morgan fingerprint density at radius 2 is 2.08 bits per heavy atom. The Kier molecular flexibility index (Phi) is 6.43. The molecule has 1 N–H and O–H groups in total. The van der Waals surface area contributed by atoms with Gasteiger partial charge in [-0.15, -0.1) is 0 Å². The Morgan fingerprint density at radius 3 is 2.96 bits per heavy atom. The third-order valence-electron chi connectivity index (χ3n) is 4.29. The molecular formula is C18H26N2O4. The van der Waals surface area contributed by atoms with Crippen LogP contribution in [0.2, 0.25) is 0 Å². The van der Waals surface area contributed by atoms with Crippen molar-refractivity contribution in [2.75, 3.05) is 25.1 Å². The van der Waals surface area contributed by atoms with E-state index in [2.05, 4.69) is 10.3 Å². The van der Waals surface area contributed by atoms with Gasteiger partial charge in [-0.3, -0.25) is 4.79 Å². The standard InChI is InChI=1S/C18H26N2O4/c21-15-7-5-6-14-9-10-16(20-18(14)19-15)22-11-3-4-13-24-17-8-1-2-12-23-17/h9-10,17H,1-8,11-13H2,(H,19,20,21). The van der Waals surface area contributed by atoms with E-state index in [9.17, 15) is 4.79 Å². The molecule has 1 aromatic rings. The zero-order chi connectivity index (χ0) is 16.6. The highest BCUT2D eigenvalue weighted by atomic mass is 16.7. The van der Waals surface area contributed by atoms with Gasteiger partial charge in [-0.05, 0) is 56.6 Å². The number of amides is 1. The summed E-state index contributed by atoms with van der Waals surface area (Å²) < 4.78 is 16.9. The predicted octanol–water partition coefficient (Wildman–Crippen LogP) is 3.06. The molecule has 1 unspecified atom stereocenters. The average molecular weight is 334 g/mol. The number of hydrogen-bond acceptors (Lipinski definition) is 5. The van der Waals surface area contributed by atoms with Crippen molar-refractivity contribution < 1.29 is 19.0 Å². The number of nitrogens with zero attached hydrogens (tertiary/aromatic N) is 1. The van der Waals surface area contributed by atoms with E-state index in [-0.39, 0.29) is 12.2 Å². The molecule has 2 aliphatic heterocycles. The van der Waals surface area contributed by atoms with Crippen molar-refractivity contribution >= 4 is 11.7 Å². The summed E-state index contributed by atoms with van der Waals surface area (Å²) in [7, 11) is 0. The summed E-state index contributed by atoms with van der Waals surface area (Å²) in [5.41, 5.74) is 1.08. The molecule has 0 aliphatic carbocycles. The fourth-order valence-corrected chi connectivity index (χ4v) is 2.93. The molecule has 0 aromatic carbocycles. The molecule has 0 spiro atoms. The van der Waals surface area contributed by atoms with Gasteiger partial charge >= 0.3 is 0 Å². The molecule has 3 rings (SSSR count). The lowest BCUT2D eigenvalue weighted by atomic mass is 10.1. The number of carbonyl (C=O) groups is 1. The summed E-state index contributed by atoms with van der Waals surface area (Å²) in [6.07, 6.45) is 7.44. The molecule has 0 saturated carbocycles. The lowest BCUT2D eigenvalue weighted by Crippen LogP contribution is -2.22. The van der Waals surface area contributed by atoms with E-state index in [1.54, 1.807) is 0 Å². The molecule has 1 saturated heterocycles. The lowest BCUT2D eigenvalue weighted by Gasteiger charge is -2.22. The van der Waals surface area contributed by atoms with Crippen LogP contribution in [0.4, 0.5) is 5.82 Å². The second-order valence-electron chi connectivity index (χ2n) is 6.28. The van der Waals surface area contributed by atoms with Crippen LogP contribution in [0.25, 0.3) is 0 Å². The van der Waals surface area contributed by atoms with Gasteiger partial charge in [0.1, 0.15) is 5.82 Å². The SMILES string of the molecule is O=C1CCCc2ccc(OCCCCOC3CCCCO3)nc2N1. The Hall–Kier alpha value is -1.66. The van der Waals surface area contributed by atoms with Crippen LogP contribution in [0.3, 0.4) is 0 Å². The molecule has 2 aliphatic rings. The summed E-state index contributed by atoms with van der Waals surface area (Å²) in [5, 5.41) is 2.85. The topological polar surface area (TPSA) is 69.7 Å². The predicted molar refractivity (Wildman–Crippen MR) is 90.1 cm³/mol. The van der Waals surface area contributed by atoms with Gasteiger partial charge in [-0.1, -0.05) is 0 Å². The molecular weight excluding hydrogens is 308 g/mol. The third-order valence-corrected chi connectivity index (χ3v) is 4.29. The van der Waals surface area contributed by atoms with Crippen LogP contribution < -0.4 is 10.1 Å². The monoisotopic (exact) mass is 334 g/mol. The van der Waals surface area contributed by atoms with Crippen molar-refractivity contribution in [2.45, 2.75) is 57.7 Å². The lowest BCUT2D eigenvalue weighted by molar-refractivity contribution is -0.162. The molecule has 1 amide bonds. The van der Waals surface area contributed by atoms with Gasteiger partial charge in [0.2, 0.25) is 11.8 Å². The summed E-state index contributed by atoms with van der Waals surface area (Å²) in [6, 6.07) is 3.87. The Bertz CT molecular complexity index is 544. The number of fused-ring (bicyclic) bond motifs is 1. The summed E-state index contributed by atoms with van der Waals surface area (Å²) in [5.74, 6) is 1.24. The van der Waals surface area contributed by atoms with Crippen molar-refractivity contribution in [2.24, 2.45) is 0 Å². The molecule has 6 nitrogen and oxygen atoms in total. The van der Waals surface area contributed by atoms with E-state index >= 15 is 0 Å². The molecule has 3 heterocycles. The number of pyridine rings is 1. The van der Waals surface area contributed by atoms with Gasteiger partial charge in [0, 0.05) is 25.7 Å². The number of carbonyl (C=O) groups excluding carboxylic acids is 1. The van der Waals surface area contributed by atoms with Crippen molar-refractivity contribution in [1.82, 2.24) is 4.98 Å². The van der Waals surface area contributed by atoms with Crippen LogP contribution in [0.5, 0.6) is 5.88 Å². The third kappa shape index (κ3) is 5.18. The molecule has 0 radical (unpaired) electrons. The van der Waals surface area contributed by atoms with Gasteiger partial charge < -0.3 is 19.5 Å². The first-order valence-electron chi connectivity index (χ1n) is 8.97. The van der Waals surface area contributed by atoms with Crippen LogP contribution in [0, 0.1) is 0 Å². The Morgan fingerprint density at radius 1 is 1.17 bits per heavy atom. The zero-order valence-corrected chi connectivity index (χ0v) is 14.1. The molecule has 0 bridgehead atoms. The van der Waals surface area contributed by atoms with Gasteiger partial charge in [0.25, 0.3) is 0 Å². The van der Waals surface area contributed by atoms with Crippen LogP contribution >= 0.6 is 0 Å². The van der Waals surface area contributed by atoms with E-state index < -0.39 is 0 Å². The molecule has 6 heteroatoms. The average Bonchev–Trinajstić information content (AvgIpc) is 2.79. The molecule has 1 atom stereocenters. The second kappa shape index (κ2) is 8.99. The van der Waals surface area contributed by atoms with Gasteiger partial charge in [0.05, 0.1) is 6.61 Å². The minimum absolute atomic E-state index is 0.0190. The molecule has 1 aromatic heterocycles. The van der Waals surface area contributed by atoms with E-state index in [0.29, 0.717) is 31.3 Å². The molecule has 1 fully saturated rings. The zero-order valence-electron chi connectivity index (χ0n) is 14.1. The highest BCUT2D eigenvalue weighted by molar-refractivity contribution is 5.91. The first-order valence-corrected chi connectivity index (χ1v) is 8.97. The quantitative estimate of drug-likeness (QED) is 0.776. The van der Waals surface area contributed by atoms with E-state index in [1.165, 1.54) is 6.42 Å². The van der Waals surface area contributed by atoms with Crippen LogP contribution in [0.15, 0.2) is 12.1 Å². The van der Waals surface area contributed by atoms with Crippen LogP contribution in [-0.4, -0.2) is 37.0 Å². The maximum atomic E-state index is 11.6. The van der Waals surface area contributed by atoms with Crippen molar-refractivity contribution in [3.63, 3.8) is 0 Å². The van der Waals surface area contributed by atoms with Crippen molar-refractivity contribution in [1.29, 1.82) is 0 Å². The number of ether oxygens (including phenoxy) is 3. The highest BCUT2D eigenvalue weighted by Crippen LogP contribution is 2.23. The maximum absolute atomic E-state index is 11.6. The Labute approximate surface area is 142 Å². The number of rotatable bonds is 7. The van der Waals surface area contributed by atoms with E-state index in [0.717, 1.165) is 50.7 Å². The first kappa shape index (κ1) is 17.2. The number of hydrogen-bond donors (Lipinski definition) is 1.